The van der Waals surface area contributed by atoms with E-state index in [1.165, 1.54) is 7.11 Å². The van der Waals surface area contributed by atoms with Crippen molar-refractivity contribution in [3.05, 3.63) is 28.8 Å². The van der Waals surface area contributed by atoms with Crippen molar-refractivity contribution in [2.75, 3.05) is 25.5 Å². The SMILES string of the molecule is COC(=O)[C@@H]1[C@@H]2CCC[C@@H]2CN1CC(=O)Nc1ccc(Cl)cc1C. The summed E-state index contributed by atoms with van der Waals surface area (Å²) in [5.74, 6) is 0.482. The van der Waals surface area contributed by atoms with Gasteiger partial charge in [-0.05, 0) is 55.4 Å². The average Bonchev–Trinajstić information content (AvgIpc) is 3.10. The van der Waals surface area contributed by atoms with Crippen molar-refractivity contribution in [2.24, 2.45) is 11.8 Å². The lowest BCUT2D eigenvalue weighted by Crippen LogP contribution is -2.44. The molecule has 0 bridgehead atoms. The molecule has 2 aliphatic rings. The van der Waals surface area contributed by atoms with Crippen LogP contribution in [0.25, 0.3) is 0 Å². The highest BCUT2D eigenvalue weighted by Gasteiger charge is 2.48. The van der Waals surface area contributed by atoms with Crippen LogP contribution < -0.4 is 5.32 Å². The number of rotatable bonds is 4. The summed E-state index contributed by atoms with van der Waals surface area (Å²) in [6.07, 6.45) is 3.33. The van der Waals surface area contributed by atoms with E-state index in [0.717, 1.165) is 37.1 Å². The van der Waals surface area contributed by atoms with Gasteiger partial charge < -0.3 is 10.1 Å². The number of nitrogens with one attached hydrogen (secondary N) is 1. The zero-order valence-corrected chi connectivity index (χ0v) is 14.8. The van der Waals surface area contributed by atoms with Gasteiger partial charge in [0.2, 0.25) is 5.91 Å². The topological polar surface area (TPSA) is 58.6 Å². The Kier molecular flexibility index (Phi) is 5.11. The molecule has 1 N–H and O–H groups in total. The molecule has 1 aromatic rings. The molecule has 1 saturated carbocycles. The van der Waals surface area contributed by atoms with Crippen molar-refractivity contribution in [1.82, 2.24) is 4.90 Å². The molecule has 1 amide bonds. The second-order valence-corrected chi connectivity index (χ2v) is 7.20. The highest BCUT2D eigenvalue weighted by Crippen LogP contribution is 2.42. The van der Waals surface area contributed by atoms with Crippen molar-refractivity contribution < 1.29 is 14.3 Å². The summed E-state index contributed by atoms with van der Waals surface area (Å²) >= 11 is 5.94. The monoisotopic (exact) mass is 350 g/mol. The molecule has 1 heterocycles. The summed E-state index contributed by atoms with van der Waals surface area (Å²) in [5, 5.41) is 3.56. The Bertz CT molecular complexity index is 649. The van der Waals surface area contributed by atoms with Gasteiger partial charge in [0.1, 0.15) is 6.04 Å². The molecule has 2 fully saturated rings. The quantitative estimate of drug-likeness (QED) is 0.848. The lowest BCUT2D eigenvalue weighted by molar-refractivity contribution is -0.147. The molecule has 1 saturated heterocycles. The first-order valence-electron chi connectivity index (χ1n) is 8.37. The van der Waals surface area contributed by atoms with Crippen molar-refractivity contribution in [3.8, 4) is 0 Å². The van der Waals surface area contributed by atoms with E-state index in [2.05, 4.69) is 5.32 Å². The first-order valence-corrected chi connectivity index (χ1v) is 8.75. The van der Waals surface area contributed by atoms with Gasteiger partial charge in [-0.1, -0.05) is 18.0 Å². The van der Waals surface area contributed by atoms with Gasteiger partial charge in [0, 0.05) is 17.3 Å². The maximum absolute atomic E-state index is 12.4. The van der Waals surface area contributed by atoms with Crippen LogP contribution in [-0.2, 0) is 14.3 Å². The Morgan fingerprint density at radius 1 is 1.38 bits per heavy atom. The highest BCUT2D eigenvalue weighted by molar-refractivity contribution is 6.30. The predicted octanol–water partition coefficient (Wildman–Crippen LogP) is 2.86. The molecular weight excluding hydrogens is 328 g/mol. The standard InChI is InChI=1S/C18H23ClN2O3/c1-11-8-13(19)6-7-15(11)20-16(22)10-21-9-12-4-3-5-14(12)17(21)18(23)24-2/h6-8,12,14,17H,3-5,9-10H2,1-2H3,(H,20,22)/t12-,14-,17+/m1/s1. The summed E-state index contributed by atoms with van der Waals surface area (Å²) in [6.45, 7) is 2.89. The number of ether oxygens (including phenoxy) is 1. The van der Waals surface area contributed by atoms with Crippen LogP contribution in [0.5, 0.6) is 0 Å². The summed E-state index contributed by atoms with van der Waals surface area (Å²) in [6, 6.07) is 5.07. The average molecular weight is 351 g/mol. The Labute approximate surface area is 147 Å². The third-order valence-electron chi connectivity index (χ3n) is 5.24. The van der Waals surface area contributed by atoms with Crippen molar-refractivity contribution >= 4 is 29.2 Å². The first kappa shape index (κ1) is 17.2. The van der Waals surface area contributed by atoms with Crippen molar-refractivity contribution in [1.29, 1.82) is 0 Å². The second kappa shape index (κ2) is 7.11. The molecule has 0 radical (unpaired) electrons. The summed E-state index contributed by atoms with van der Waals surface area (Å²) in [7, 11) is 1.42. The molecule has 1 aromatic carbocycles. The van der Waals surface area contributed by atoms with Crippen LogP contribution in [-0.4, -0.2) is 43.0 Å². The molecule has 0 aromatic heterocycles. The number of likely N-dealkylation sites (tertiary alicyclic amines) is 1. The second-order valence-electron chi connectivity index (χ2n) is 6.76. The maximum Gasteiger partial charge on any atom is 0.323 e. The van der Waals surface area contributed by atoms with E-state index in [-0.39, 0.29) is 24.5 Å². The molecule has 3 rings (SSSR count). The number of carbonyl (C=O) groups excluding carboxylic acids is 2. The first-order chi connectivity index (χ1) is 11.5. The molecule has 1 aliphatic heterocycles. The van der Waals surface area contributed by atoms with Crippen LogP contribution in [0.4, 0.5) is 5.69 Å². The zero-order valence-electron chi connectivity index (χ0n) is 14.0. The maximum atomic E-state index is 12.4. The highest BCUT2D eigenvalue weighted by atomic mass is 35.5. The Hall–Kier alpha value is -1.59. The summed E-state index contributed by atoms with van der Waals surface area (Å²) < 4.78 is 4.98. The number of hydrogen-bond acceptors (Lipinski definition) is 4. The molecule has 0 spiro atoms. The van der Waals surface area contributed by atoms with Crippen LogP contribution in [0.2, 0.25) is 5.02 Å². The number of carbonyl (C=O) groups is 2. The van der Waals surface area contributed by atoms with Crippen molar-refractivity contribution in [2.45, 2.75) is 32.2 Å². The predicted molar refractivity (Wildman–Crippen MR) is 93.0 cm³/mol. The van der Waals surface area contributed by atoms with Crippen LogP contribution in [0.1, 0.15) is 24.8 Å². The van der Waals surface area contributed by atoms with Crippen LogP contribution in [0.3, 0.4) is 0 Å². The largest absolute Gasteiger partial charge is 0.468 e. The summed E-state index contributed by atoms with van der Waals surface area (Å²) in [4.78, 5) is 26.6. The van der Waals surface area contributed by atoms with Gasteiger partial charge in [0.05, 0.1) is 13.7 Å². The number of anilines is 1. The van der Waals surface area contributed by atoms with Gasteiger partial charge in [0.25, 0.3) is 0 Å². The fraction of sp³-hybridized carbons (Fsp3) is 0.556. The van der Waals surface area contributed by atoms with E-state index in [1.807, 2.05) is 17.9 Å². The smallest absolute Gasteiger partial charge is 0.323 e. The number of fused-ring (bicyclic) bond motifs is 1. The van der Waals surface area contributed by atoms with Gasteiger partial charge in [-0.25, -0.2) is 0 Å². The number of methoxy groups -OCH3 is 1. The van der Waals surface area contributed by atoms with Crippen LogP contribution >= 0.6 is 11.6 Å². The van der Waals surface area contributed by atoms with Gasteiger partial charge in [0.15, 0.2) is 0 Å². The number of benzene rings is 1. The minimum Gasteiger partial charge on any atom is -0.468 e. The molecule has 130 valence electrons. The van der Waals surface area contributed by atoms with E-state index in [9.17, 15) is 9.59 Å². The Balaban J connectivity index is 1.67. The van der Waals surface area contributed by atoms with Gasteiger partial charge in [-0.3, -0.25) is 14.5 Å². The van der Waals surface area contributed by atoms with E-state index in [0.29, 0.717) is 16.9 Å². The van der Waals surface area contributed by atoms with E-state index >= 15 is 0 Å². The minimum atomic E-state index is -0.292. The third kappa shape index (κ3) is 3.42. The van der Waals surface area contributed by atoms with Crippen LogP contribution in [0.15, 0.2) is 18.2 Å². The fourth-order valence-corrected chi connectivity index (χ4v) is 4.37. The van der Waals surface area contributed by atoms with Gasteiger partial charge in [-0.2, -0.15) is 0 Å². The fourth-order valence-electron chi connectivity index (χ4n) is 4.14. The van der Waals surface area contributed by atoms with Gasteiger partial charge >= 0.3 is 5.97 Å². The third-order valence-corrected chi connectivity index (χ3v) is 5.47. The molecule has 5 nitrogen and oxygen atoms in total. The molecule has 0 unspecified atom stereocenters. The van der Waals surface area contributed by atoms with Crippen LogP contribution in [0, 0.1) is 18.8 Å². The lowest BCUT2D eigenvalue weighted by Gasteiger charge is -2.25. The number of aryl methyl sites for hydroxylation is 1. The number of nitrogens with zero attached hydrogens (tertiary/aromatic N) is 1. The number of hydrogen-bond donors (Lipinski definition) is 1. The zero-order chi connectivity index (χ0) is 17.3. The molecule has 3 atom stereocenters. The van der Waals surface area contributed by atoms with E-state index < -0.39 is 0 Å². The lowest BCUT2D eigenvalue weighted by atomic mass is 9.94. The molecule has 24 heavy (non-hydrogen) atoms. The molecule has 1 aliphatic carbocycles. The van der Waals surface area contributed by atoms with E-state index in [1.54, 1.807) is 12.1 Å². The minimum absolute atomic E-state index is 0.116. The molecular formula is C18H23ClN2O3. The van der Waals surface area contributed by atoms with Crippen molar-refractivity contribution in [3.63, 3.8) is 0 Å². The summed E-state index contributed by atoms with van der Waals surface area (Å²) in [5.41, 5.74) is 1.66. The van der Waals surface area contributed by atoms with E-state index in [4.69, 9.17) is 16.3 Å². The number of esters is 1. The normalized spacial score (nSPS) is 26.2. The number of halogens is 1. The molecule has 6 heteroatoms. The Morgan fingerprint density at radius 3 is 2.88 bits per heavy atom. The van der Waals surface area contributed by atoms with Gasteiger partial charge in [-0.15, -0.1) is 0 Å². The number of amides is 1. The Morgan fingerprint density at radius 2 is 2.17 bits per heavy atom.